The lowest BCUT2D eigenvalue weighted by atomic mass is 10.1. The molecule has 9 heteroatoms. The van der Waals surface area contributed by atoms with Crippen LogP contribution in [0.2, 0.25) is 5.02 Å². The second-order valence-corrected chi connectivity index (χ2v) is 7.86. The summed E-state index contributed by atoms with van der Waals surface area (Å²) in [6.45, 7) is 3.39. The third-order valence-electron chi connectivity index (χ3n) is 4.27. The van der Waals surface area contributed by atoms with E-state index in [1.165, 1.54) is 12.1 Å². The molecule has 1 aromatic heterocycles. The number of hydrogen-bond donors (Lipinski definition) is 2. The van der Waals surface area contributed by atoms with Crippen LogP contribution < -0.4 is 10.6 Å². The van der Waals surface area contributed by atoms with Crippen LogP contribution in [0.1, 0.15) is 42.9 Å². The molecule has 31 heavy (non-hydrogen) atoms. The zero-order chi connectivity index (χ0) is 22.5. The van der Waals surface area contributed by atoms with Gasteiger partial charge in [0, 0.05) is 16.3 Å². The molecule has 2 N–H and O–H groups in total. The Bertz CT molecular complexity index is 1130. The van der Waals surface area contributed by atoms with Crippen LogP contribution >= 0.6 is 22.9 Å². The van der Waals surface area contributed by atoms with Gasteiger partial charge in [-0.3, -0.25) is 9.59 Å². The Labute approximate surface area is 187 Å². The molecule has 0 atom stereocenters. The quantitative estimate of drug-likeness (QED) is 0.473. The first-order valence-corrected chi connectivity index (χ1v) is 10.4. The van der Waals surface area contributed by atoms with Gasteiger partial charge in [-0.15, -0.1) is 11.3 Å². The van der Waals surface area contributed by atoms with Gasteiger partial charge in [0.05, 0.1) is 17.0 Å². The molecule has 160 valence electrons. The van der Waals surface area contributed by atoms with Gasteiger partial charge in [-0.1, -0.05) is 11.6 Å². The molecule has 1 heterocycles. The molecule has 0 aliphatic rings. The summed E-state index contributed by atoms with van der Waals surface area (Å²) in [6, 6.07) is 11.5. The SMILES string of the molecule is CCOC(=O)c1c(NC(=O)c2ccc(F)cc2)sc(C(=O)Nc2ccc(Cl)cc2)c1C. The van der Waals surface area contributed by atoms with Crippen molar-refractivity contribution in [2.75, 3.05) is 17.2 Å². The first-order chi connectivity index (χ1) is 14.8. The fourth-order valence-corrected chi connectivity index (χ4v) is 3.98. The van der Waals surface area contributed by atoms with Gasteiger partial charge in [-0.05, 0) is 67.9 Å². The highest BCUT2D eigenvalue weighted by atomic mass is 35.5. The number of rotatable bonds is 6. The molecule has 0 aliphatic heterocycles. The van der Waals surface area contributed by atoms with E-state index in [0.29, 0.717) is 16.3 Å². The third kappa shape index (κ3) is 5.28. The van der Waals surface area contributed by atoms with E-state index in [0.717, 1.165) is 23.5 Å². The molecule has 3 aromatic rings. The third-order valence-corrected chi connectivity index (χ3v) is 5.73. The van der Waals surface area contributed by atoms with Gasteiger partial charge in [0.15, 0.2) is 0 Å². The summed E-state index contributed by atoms with van der Waals surface area (Å²) in [4.78, 5) is 38.2. The van der Waals surface area contributed by atoms with Crippen LogP contribution in [0.5, 0.6) is 0 Å². The minimum atomic E-state index is -0.656. The van der Waals surface area contributed by atoms with Crippen molar-refractivity contribution in [2.45, 2.75) is 13.8 Å². The van der Waals surface area contributed by atoms with Crippen LogP contribution in [0.3, 0.4) is 0 Å². The van der Waals surface area contributed by atoms with Gasteiger partial charge in [0.2, 0.25) is 0 Å². The number of nitrogens with one attached hydrogen (secondary N) is 2. The minimum Gasteiger partial charge on any atom is -0.462 e. The van der Waals surface area contributed by atoms with E-state index >= 15 is 0 Å². The molecule has 0 unspecified atom stereocenters. The maximum Gasteiger partial charge on any atom is 0.341 e. The van der Waals surface area contributed by atoms with Gasteiger partial charge in [-0.2, -0.15) is 0 Å². The molecule has 0 fully saturated rings. The zero-order valence-corrected chi connectivity index (χ0v) is 18.2. The van der Waals surface area contributed by atoms with Crippen molar-refractivity contribution in [1.29, 1.82) is 0 Å². The fourth-order valence-electron chi connectivity index (χ4n) is 2.76. The van der Waals surface area contributed by atoms with E-state index < -0.39 is 23.6 Å². The van der Waals surface area contributed by atoms with E-state index in [4.69, 9.17) is 16.3 Å². The lowest BCUT2D eigenvalue weighted by Crippen LogP contribution is -2.15. The average molecular weight is 461 g/mol. The van der Waals surface area contributed by atoms with Crippen molar-refractivity contribution in [1.82, 2.24) is 0 Å². The molecule has 0 aliphatic carbocycles. The normalized spacial score (nSPS) is 10.5. The topological polar surface area (TPSA) is 84.5 Å². The number of thiophene rings is 1. The molecular formula is C22H18ClFN2O4S. The number of carbonyl (C=O) groups excluding carboxylic acids is 3. The molecule has 0 bridgehead atoms. The number of carbonyl (C=O) groups is 3. The lowest BCUT2D eigenvalue weighted by Gasteiger charge is -2.07. The van der Waals surface area contributed by atoms with E-state index in [1.54, 1.807) is 38.1 Å². The van der Waals surface area contributed by atoms with Crippen LogP contribution in [0.25, 0.3) is 0 Å². The standard InChI is InChI=1S/C22H18ClFN2O4S/c1-3-30-22(29)17-12(2)18(20(28)25-16-10-6-14(23)7-11-16)31-21(17)26-19(27)13-4-8-15(24)9-5-13/h4-11H,3H2,1-2H3,(H,25,28)(H,26,27). The Kier molecular flexibility index (Phi) is 7.04. The van der Waals surface area contributed by atoms with Gasteiger partial charge < -0.3 is 15.4 Å². The highest BCUT2D eigenvalue weighted by Gasteiger charge is 2.27. The van der Waals surface area contributed by atoms with Crippen molar-refractivity contribution in [3.8, 4) is 0 Å². The van der Waals surface area contributed by atoms with Gasteiger partial charge >= 0.3 is 5.97 Å². The van der Waals surface area contributed by atoms with Crippen molar-refractivity contribution in [3.63, 3.8) is 0 Å². The van der Waals surface area contributed by atoms with Crippen LogP contribution in [0, 0.1) is 12.7 Å². The zero-order valence-electron chi connectivity index (χ0n) is 16.6. The van der Waals surface area contributed by atoms with Crippen LogP contribution in [-0.2, 0) is 4.74 Å². The number of amides is 2. The van der Waals surface area contributed by atoms with E-state index in [2.05, 4.69) is 10.6 Å². The Morgan fingerprint density at radius 1 is 1.00 bits per heavy atom. The van der Waals surface area contributed by atoms with Crippen molar-refractivity contribution >= 4 is 51.4 Å². The Morgan fingerprint density at radius 2 is 1.65 bits per heavy atom. The molecular weight excluding hydrogens is 443 g/mol. The van der Waals surface area contributed by atoms with Gasteiger partial charge in [-0.25, -0.2) is 9.18 Å². The molecule has 3 rings (SSSR count). The van der Waals surface area contributed by atoms with Gasteiger partial charge in [0.25, 0.3) is 11.8 Å². The first kappa shape index (κ1) is 22.5. The predicted molar refractivity (Wildman–Crippen MR) is 119 cm³/mol. The highest BCUT2D eigenvalue weighted by molar-refractivity contribution is 7.19. The molecule has 6 nitrogen and oxygen atoms in total. The van der Waals surface area contributed by atoms with Crippen LogP contribution in [0.15, 0.2) is 48.5 Å². The summed E-state index contributed by atoms with van der Waals surface area (Å²) in [5.41, 5.74) is 1.21. The Balaban J connectivity index is 1.92. The summed E-state index contributed by atoms with van der Waals surface area (Å²) in [6.07, 6.45) is 0. The maximum absolute atomic E-state index is 13.1. The first-order valence-electron chi connectivity index (χ1n) is 9.24. The monoisotopic (exact) mass is 460 g/mol. The number of benzene rings is 2. The van der Waals surface area contributed by atoms with Crippen LogP contribution in [-0.4, -0.2) is 24.4 Å². The van der Waals surface area contributed by atoms with E-state index in [-0.39, 0.29) is 27.6 Å². The summed E-state index contributed by atoms with van der Waals surface area (Å²) in [5, 5.41) is 6.07. The summed E-state index contributed by atoms with van der Waals surface area (Å²) < 4.78 is 18.2. The number of ether oxygens (including phenoxy) is 1. The largest absolute Gasteiger partial charge is 0.462 e. The summed E-state index contributed by atoms with van der Waals surface area (Å²) >= 11 is 6.82. The van der Waals surface area contributed by atoms with Gasteiger partial charge in [0.1, 0.15) is 10.8 Å². The summed E-state index contributed by atoms with van der Waals surface area (Å²) in [5.74, 6) is -2.12. The van der Waals surface area contributed by atoms with Crippen molar-refractivity contribution in [3.05, 3.63) is 80.9 Å². The average Bonchev–Trinajstić information content (AvgIpc) is 3.06. The maximum atomic E-state index is 13.1. The Morgan fingerprint density at radius 3 is 2.26 bits per heavy atom. The number of halogens is 2. The minimum absolute atomic E-state index is 0.101. The fraction of sp³-hybridized carbons (Fsp3) is 0.136. The molecule has 0 saturated carbocycles. The highest BCUT2D eigenvalue weighted by Crippen LogP contribution is 2.34. The predicted octanol–water partition coefficient (Wildman–Crippen LogP) is 5.53. The molecule has 0 spiro atoms. The second kappa shape index (κ2) is 9.72. The number of hydrogen-bond acceptors (Lipinski definition) is 5. The van der Waals surface area contributed by atoms with E-state index in [9.17, 15) is 18.8 Å². The smallest absolute Gasteiger partial charge is 0.341 e. The Hall–Kier alpha value is -3.23. The van der Waals surface area contributed by atoms with E-state index in [1.807, 2.05) is 0 Å². The summed E-state index contributed by atoms with van der Waals surface area (Å²) in [7, 11) is 0. The molecule has 2 amide bonds. The second-order valence-electron chi connectivity index (χ2n) is 6.40. The molecule has 0 radical (unpaired) electrons. The molecule has 0 saturated heterocycles. The van der Waals surface area contributed by atoms with Crippen molar-refractivity contribution in [2.24, 2.45) is 0 Å². The lowest BCUT2D eigenvalue weighted by molar-refractivity contribution is 0.0527. The van der Waals surface area contributed by atoms with Crippen LogP contribution in [0.4, 0.5) is 15.1 Å². The molecule has 2 aromatic carbocycles. The number of anilines is 2. The number of esters is 1. The van der Waals surface area contributed by atoms with Crippen molar-refractivity contribution < 1.29 is 23.5 Å².